The van der Waals surface area contributed by atoms with Crippen LogP contribution in [0.5, 0.6) is 11.5 Å². The summed E-state index contributed by atoms with van der Waals surface area (Å²) in [5, 5.41) is 19.6. The number of benzene rings is 2. The van der Waals surface area contributed by atoms with Crippen molar-refractivity contribution in [2.45, 2.75) is 11.2 Å². The van der Waals surface area contributed by atoms with Gasteiger partial charge in [0.05, 0.1) is 11.4 Å². The molecule has 3 rings (SSSR count). The molecule has 1 atom stereocenters. The van der Waals surface area contributed by atoms with Gasteiger partial charge < -0.3 is 14.7 Å². The number of likely N-dealkylation sites (N-methyl/N-ethyl adjacent to an activating group) is 2. The van der Waals surface area contributed by atoms with E-state index in [0.29, 0.717) is 51.9 Å². The molecule has 0 aliphatic carbocycles. The molecular formula is C23H31ClF2N6O8S2. The largest absolute Gasteiger partial charge is 0.451 e. The number of hydroxylamine groups is 1. The van der Waals surface area contributed by atoms with E-state index in [0.717, 1.165) is 7.05 Å². The Morgan fingerprint density at radius 2 is 1.64 bits per heavy atom. The second kappa shape index (κ2) is 14.3. The predicted molar refractivity (Wildman–Crippen MR) is 146 cm³/mol. The number of halogens is 3. The Morgan fingerprint density at radius 1 is 1.07 bits per heavy atom. The average Bonchev–Trinajstić information content (AvgIpc) is 2.93. The molecule has 234 valence electrons. The number of aliphatic hydroxyl groups is 1. The quantitative estimate of drug-likeness (QED) is 0.133. The Balaban J connectivity index is 1.77. The maximum Gasteiger partial charge on any atom is 0.282 e. The highest BCUT2D eigenvalue weighted by atomic mass is 35.5. The number of amides is 1. The molecule has 1 amide bonds. The summed E-state index contributed by atoms with van der Waals surface area (Å²) in [4.78, 5) is 14.5. The molecule has 0 aromatic heterocycles. The van der Waals surface area contributed by atoms with Gasteiger partial charge in [0.15, 0.2) is 23.7 Å². The normalized spacial score (nSPS) is 16.1. The number of ether oxygens (including phenoxy) is 1. The first-order valence-electron chi connectivity index (χ1n) is 12.3. The lowest BCUT2D eigenvalue weighted by atomic mass is 10.3. The van der Waals surface area contributed by atoms with E-state index in [1.807, 2.05) is 11.9 Å². The molecule has 14 nitrogen and oxygen atoms in total. The van der Waals surface area contributed by atoms with Gasteiger partial charge in [-0.2, -0.15) is 21.8 Å². The minimum Gasteiger partial charge on any atom is -0.451 e. The zero-order valence-corrected chi connectivity index (χ0v) is 25.0. The standard InChI is InChI=1S/C23H31ClF2N6O8S2/c1-29-7-10-31(11-8-29)23(34)28-42(38,39)30(2)9-12-32(15-21(33)27-35)41(36,37)18-13-19(25)22(20(26)14-18)40-17-5-3-16(24)4-6-17/h3-6,13-14,23,28,34-35H,7-12,15H2,1-2H3,(H,27,33). The predicted octanol–water partition coefficient (Wildman–Crippen LogP) is 0.196. The highest BCUT2D eigenvalue weighted by Crippen LogP contribution is 2.31. The van der Waals surface area contributed by atoms with Crippen LogP contribution in [0.4, 0.5) is 8.78 Å². The second-order valence-electron chi connectivity index (χ2n) is 9.30. The summed E-state index contributed by atoms with van der Waals surface area (Å²) in [6.07, 6.45) is -1.55. The van der Waals surface area contributed by atoms with E-state index in [4.69, 9.17) is 21.5 Å². The SMILES string of the molecule is CN1CCN(C(O)NS(=O)(=O)N(C)CCN(CC(=O)NO)S(=O)(=O)c2cc(F)c(Oc3ccc(Cl)cc3)c(F)c2)CC1. The molecule has 0 bridgehead atoms. The summed E-state index contributed by atoms with van der Waals surface area (Å²) in [6, 6.07) is 6.45. The van der Waals surface area contributed by atoms with Crippen LogP contribution in [0.15, 0.2) is 41.3 Å². The van der Waals surface area contributed by atoms with Gasteiger partial charge >= 0.3 is 0 Å². The lowest BCUT2D eigenvalue weighted by Gasteiger charge is -2.35. The van der Waals surface area contributed by atoms with Crippen LogP contribution in [-0.4, -0.2) is 118 Å². The first-order valence-corrected chi connectivity index (χ1v) is 15.6. The van der Waals surface area contributed by atoms with E-state index in [-0.39, 0.29) is 5.75 Å². The van der Waals surface area contributed by atoms with Gasteiger partial charge in [0, 0.05) is 51.3 Å². The van der Waals surface area contributed by atoms with Gasteiger partial charge in [-0.25, -0.2) is 22.7 Å². The van der Waals surface area contributed by atoms with Crippen molar-refractivity contribution in [1.82, 2.24) is 28.6 Å². The molecule has 2 aromatic rings. The minimum atomic E-state index is -4.83. The summed E-state index contributed by atoms with van der Waals surface area (Å²) in [6.45, 7) is -0.259. The Bertz CT molecular complexity index is 1440. The van der Waals surface area contributed by atoms with Crippen LogP contribution in [0, 0.1) is 11.6 Å². The molecule has 4 N–H and O–H groups in total. The average molecular weight is 657 g/mol. The number of carbonyl (C=O) groups is 1. The van der Waals surface area contributed by atoms with Gasteiger partial charge in [-0.1, -0.05) is 11.6 Å². The number of nitrogens with zero attached hydrogens (tertiary/aromatic N) is 4. The maximum absolute atomic E-state index is 14.8. The molecule has 1 saturated heterocycles. The lowest BCUT2D eigenvalue weighted by molar-refractivity contribution is -0.129. The monoisotopic (exact) mass is 656 g/mol. The van der Waals surface area contributed by atoms with Crippen molar-refractivity contribution in [3.63, 3.8) is 0 Å². The first kappa shape index (κ1) is 34.0. The molecule has 0 saturated carbocycles. The van der Waals surface area contributed by atoms with E-state index in [1.165, 1.54) is 34.6 Å². The molecular weight excluding hydrogens is 626 g/mol. The van der Waals surface area contributed by atoms with Crippen molar-refractivity contribution in [2.24, 2.45) is 0 Å². The molecule has 42 heavy (non-hydrogen) atoms. The van der Waals surface area contributed by atoms with Crippen molar-refractivity contribution >= 4 is 37.7 Å². The Morgan fingerprint density at radius 3 is 2.19 bits per heavy atom. The molecule has 19 heteroatoms. The Kier molecular flexibility index (Phi) is 11.6. The van der Waals surface area contributed by atoms with Gasteiger partial charge in [0.25, 0.3) is 16.1 Å². The molecule has 1 aliphatic rings. The fraction of sp³-hybridized carbons (Fsp3) is 0.435. The number of hydrogen-bond donors (Lipinski definition) is 4. The summed E-state index contributed by atoms with van der Waals surface area (Å²) in [5.74, 6) is -4.83. The van der Waals surface area contributed by atoms with Crippen molar-refractivity contribution in [3.05, 3.63) is 53.1 Å². The number of rotatable bonds is 13. The number of aliphatic hydroxyl groups excluding tert-OH is 1. The zero-order valence-electron chi connectivity index (χ0n) is 22.6. The summed E-state index contributed by atoms with van der Waals surface area (Å²) in [7, 11) is -6.21. The topological polar surface area (TPSA) is 172 Å². The van der Waals surface area contributed by atoms with Gasteiger partial charge in [-0.3, -0.25) is 14.9 Å². The smallest absolute Gasteiger partial charge is 0.282 e. The van der Waals surface area contributed by atoms with Crippen molar-refractivity contribution < 1.29 is 45.5 Å². The lowest BCUT2D eigenvalue weighted by Crippen LogP contribution is -2.57. The highest BCUT2D eigenvalue weighted by molar-refractivity contribution is 7.89. The van der Waals surface area contributed by atoms with Gasteiger partial charge in [0.2, 0.25) is 10.0 Å². The van der Waals surface area contributed by atoms with Crippen LogP contribution in [0.25, 0.3) is 0 Å². The molecule has 1 heterocycles. The van der Waals surface area contributed by atoms with Gasteiger partial charge in [-0.15, -0.1) is 0 Å². The fourth-order valence-corrected chi connectivity index (χ4v) is 6.22. The van der Waals surface area contributed by atoms with Crippen molar-refractivity contribution in [2.75, 3.05) is 59.9 Å². The summed E-state index contributed by atoms with van der Waals surface area (Å²) >= 11 is 5.78. The first-order chi connectivity index (χ1) is 19.6. The molecule has 2 aromatic carbocycles. The maximum atomic E-state index is 14.8. The molecule has 0 radical (unpaired) electrons. The van der Waals surface area contributed by atoms with E-state index in [2.05, 4.69) is 4.72 Å². The van der Waals surface area contributed by atoms with E-state index in [1.54, 1.807) is 0 Å². The third-order valence-electron chi connectivity index (χ3n) is 6.30. The van der Waals surface area contributed by atoms with Crippen LogP contribution in [0.3, 0.4) is 0 Å². The van der Waals surface area contributed by atoms with Gasteiger partial charge in [-0.05, 0) is 43.4 Å². The Labute approximate surface area is 247 Å². The molecule has 1 unspecified atom stereocenters. The fourth-order valence-electron chi connectivity index (χ4n) is 3.77. The number of hydrogen-bond acceptors (Lipinski definition) is 10. The highest BCUT2D eigenvalue weighted by Gasteiger charge is 2.32. The summed E-state index contributed by atoms with van der Waals surface area (Å²) < 4.78 is 90.2. The number of carbonyl (C=O) groups excluding carboxylic acids is 1. The minimum absolute atomic E-state index is 0.0182. The number of sulfonamides is 1. The van der Waals surface area contributed by atoms with Crippen molar-refractivity contribution in [3.8, 4) is 11.5 Å². The number of nitrogens with one attached hydrogen (secondary N) is 2. The van der Waals surface area contributed by atoms with Crippen LogP contribution in [0.1, 0.15) is 0 Å². The van der Waals surface area contributed by atoms with E-state index >= 15 is 0 Å². The molecule has 1 fully saturated rings. The molecule has 1 aliphatic heterocycles. The number of piperazine rings is 1. The van der Waals surface area contributed by atoms with Crippen LogP contribution < -0.4 is 14.9 Å². The third-order valence-corrected chi connectivity index (χ3v) is 9.89. The van der Waals surface area contributed by atoms with Crippen LogP contribution in [-0.2, 0) is 25.0 Å². The van der Waals surface area contributed by atoms with Gasteiger partial charge in [0.1, 0.15) is 5.75 Å². The second-order valence-corrected chi connectivity index (χ2v) is 13.5. The van der Waals surface area contributed by atoms with E-state index in [9.17, 15) is 35.5 Å². The van der Waals surface area contributed by atoms with Crippen molar-refractivity contribution in [1.29, 1.82) is 0 Å². The Hall–Kier alpha value is -2.52. The van der Waals surface area contributed by atoms with Crippen LogP contribution >= 0.6 is 11.6 Å². The van der Waals surface area contributed by atoms with E-state index < -0.39 is 74.4 Å². The third kappa shape index (κ3) is 8.75. The molecule has 0 spiro atoms. The van der Waals surface area contributed by atoms with Crippen LogP contribution in [0.2, 0.25) is 5.02 Å². The zero-order chi connectivity index (χ0) is 31.2. The summed E-state index contributed by atoms with van der Waals surface area (Å²) in [5.41, 5.74) is 1.26.